The predicted octanol–water partition coefficient (Wildman–Crippen LogP) is 2.99. The highest BCUT2D eigenvalue weighted by Crippen LogP contribution is 2.21. The molecule has 1 N–H and O–H groups in total. The van der Waals surface area contributed by atoms with E-state index in [9.17, 15) is 0 Å². The quantitative estimate of drug-likeness (QED) is 0.901. The molecule has 0 amide bonds. The molecule has 0 saturated heterocycles. The molecule has 0 aromatic carbocycles. The van der Waals surface area contributed by atoms with Crippen LogP contribution in [0.15, 0.2) is 29.1 Å². The zero-order valence-corrected chi connectivity index (χ0v) is 9.09. The number of anilines is 1. The summed E-state index contributed by atoms with van der Waals surface area (Å²) >= 11 is 11.5. The number of rotatable bonds is 3. The summed E-state index contributed by atoms with van der Waals surface area (Å²) in [5.74, 6) is 0. The van der Waals surface area contributed by atoms with Crippen molar-refractivity contribution in [3.8, 4) is 0 Å². The summed E-state index contributed by atoms with van der Waals surface area (Å²) < 4.78 is 4.93. The van der Waals surface area contributed by atoms with Crippen molar-refractivity contribution >= 4 is 28.9 Å². The van der Waals surface area contributed by atoms with E-state index in [1.165, 1.54) is 0 Å². The molecule has 0 aliphatic heterocycles. The lowest BCUT2D eigenvalue weighted by molar-refractivity contribution is 0.564. The number of nitrogens with one attached hydrogen (secondary N) is 1. The Morgan fingerprint density at radius 3 is 2.93 bits per heavy atom. The van der Waals surface area contributed by atoms with E-state index in [-0.39, 0.29) is 0 Å². The minimum atomic E-state index is 0.294. The summed E-state index contributed by atoms with van der Waals surface area (Å²) in [6.45, 7) is 0.595. The van der Waals surface area contributed by atoms with E-state index >= 15 is 0 Å². The minimum absolute atomic E-state index is 0.294. The highest BCUT2D eigenvalue weighted by atomic mass is 35.5. The molecule has 0 aliphatic carbocycles. The second kappa shape index (κ2) is 4.51. The second-order valence-corrected chi connectivity index (χ2v) is 3.60. The molecule has 0 fully saturated rings. The zero-order valence-electron chi connectivity index (χ0n) is 7.58. The van der Waals surface area contributed by atoms with Gasteiger partial charge in [-0.15, -0.1) is 10.2 Å². The first-order valence-electron chi connectivity index (χ1n) is 4.19. The molecule has 0 aliphatic rings. The van der Waals surface area contributed by atoms with Crippen LogP contribution in [-0.2, 0) is 6.54 Å². The number of furan rings is 1. The first-order chi connectivity index (χ1) is 7.25. The molecule has 2 rings (SSSR count). The first kappa shape index (κ1) is 10.3. The molecule has 78 valence electrons. The summed E-state index contributed by atoms with van der Waals surface area (Å²) in [6, 6.07) is 3.48. The molecular weight excluding hydrogens is 237 g/mol. The van der Waals surface area contributed by atoms with Crippen molar-refractivity contribution < 1.29 is 4.42 Å². The van der Waals surface area contributed by atoms with Crippen LogP contribution >= 0.6 is 23.2 Å². The summed E-state index contributed by atoms with van der Waals surface area (Å²) in [6.07, 6.45) is 3.26. The molecule has 0 bridgehead atoms. The van der Waals surface area contributed by atoms with Crippen molar-refractivity contribution in [3.63, 3.8) is 0 Å². The van der Waals surface area contributed by atoms with Crippen LogP contribution in [0.4, 0.5) is 5.69 Å². The molecule has 0 radical (unpaired) electrons. The number of hydrogen-bond donors (Lipinski definition) is 1. The van der Waals surface area contributed by atoms with Crippen molar-refractivity contribution in [2.45, 2.75) is 6.54 Å². The van der Waals surface area contributed by atoms with Crippen LogP contribution in [0, 0.1) is 0 Å². The van der Waals surface area contributed by atoms with Crippen LogP contribution in [0.5, 0.6) is 0 Å². The maximum Gasteiger partial charge on any atom is 0.174 e. The van der Waals surface area contributed by atoms with Crippen LogP contribution in [0.3, 0.4) is 0 Å². The van der Waals surface area contributed by atoms with Crippen LogP contribution < -0.4 is 5.32 Å². The lowest BCUT2D eigenvalue weighted by atomic mass is 10.3. The van der Waals surface area contributed by atoms with Crippen molar-refractivity contribution in [1.29, 1.82) is 0 Å². The van der Waals surface area contributed by atoms with Crippen molar-refractivity contribution in [1.82, 2.24) is 10.2 Å². The Morgan fingerprint density at radius 2 is 2.20 bits per heavy atom. The van der Waals surface area contributed by atoms with Gasteiger partial charge >= 0.3 is 0 Å². The topological polar surface area (TPSA) is 51.0 Å². The van der Waals surface area contributed by atoms with Gasteiger partial charge in [0.15, 0.2) is 10.3 Å². The number of halogens is 2. The summed E-state index contributed by atoms with van der Waals surface area (Å²) in [4.78, 5) is 0. The van der Waals surface area contributed by atoms with Gasteiger partial charge in [0.1, 0.15) is 0 Å². The van der Waals surface area contributed by atoms with Gasteiger partial charge < -0.3 is 9.73 Å². The fourth-order valence-corrected chi connectivity index (χ4v) is 1.37. The first-order valence-corrected chi connectivity index (χ1v) is 4.95. The average molecular weight is 244 g/mol. The fraction of sp³-hybridized carbons (Fsp3) is 0.111. The van der Waals surface area contributed by atoms with Gasteiger partial charge in [0.05, 0.1) is 18.2 Å². The Labute approximate surface area is 96.2 Å². The number of aromatic nitrogens is 2. The van der Waals surface area contributed by atoms with E-state index in [4.69, 9.17) is 27.6 Å². The van der Waals surface area contributed by atoms with Gasteiger partial charge in [-0.3, -0.25) is 0 Å². The Hall–Kier alpha value is -1.26. The van der Waals surface area contributed by atoms with Crippen LogP contribution in [0.25, 0.3) is 0 Å². The van der Waals surface area contributed by atoms with E-state index in [1.807, 2.05) is 6.07 Å². The Kier molecular flexibility index (Phi) is 3.08. The molecule has 2 aromatic heterocycles. The predicted molar refractivity (Wildman–Crippen MR) is 58.1 cm³/mol. The second-order valence-electron chi connectivity index (χ2n) is 2.86. The minimum Gasteiger partial charge on any atom is -0.472 e. The van der Waals surface area contributed by atoms with E-state index in [1.54, 1.807) is 18.6 Å². The van der Waals surface area contributed by atoms with Gasteiger partial charge in [-0.25, -0.2) is 0 Å². The van der Waals surface area contributed by atoms with Crippen LogP contribution in [0.1, 0.15) is 5.56 Å². The molecule has 15 heavy (non-hydrogen) atoms. The zero-order chi connectivity index (χ0) is 10.7. The summed E-state index contributed by atoms with van der Waals surface area (Å²) in [5.41, 5.74) is 1.66. The lowest BCUT2D eigenvalue weighted by Crippen LogP contribution is -2.00. The average Bonchev–Trinajstić information content (AvgIpc) is 2.72. The van der Waals surface area contributed by atoms with Crippen LogP contribution in [-0.4, -0.2) is 10.2 Å². The van der Waals surface area contributed by atoms with Gasteiger partial charge in [0, 0.05) is 18.2 Å². The maximum absolute atomic E-state index is 5.82. The Bertz CT molecular complexity index is 445. The maximum atomic E-state index is 5.82. The van der Waals surface area contributed by atoms with Gasteiger partial charge in [-0.1, -0.05) is 23.2 Å². The van der Waals surface area contributed by atoms with Gasteiger partial charge in [0.25, 0.3) is 0 Å². The molecule has 0 unspecified atom stereocenters. The molecule has 0 saturated carbocycles. The smallest absolute Gasteiger partial charge is 0.174 e. The van der Waals surface area contributed by atoms with E-state index < -0.39 is 0 Å². The fourth-order valence-electron chi connectivity index (χ4n) is 1.07. The standard InChI is InChI=1S/C9H7Cl2N3O/c10-8-3-7(9(11)14-13-8)12-4-6-1-2-15-5-6/h1-3,5H,4H2,(H,12,13). The number of nitrogens with zero attached hydrogens (tertiary/aromatic N) is 2. The van der Waals surface area contributed by atoms with Gasteiger partial charge in [0.2, 0.25) is 0 Å². The molecule has 6 heteroatoms. The van der Waals surface area contributed by atoms with Crippen molar-refractivity contribution in [3.05, 3.63) is 40.5 Å². The molecule has 2 heterocycles. The molecular formula is C9H7Cl2N3O. The third kappa shape index (κ3) is 2.61. The molecule has 4 nitrogen and oxygen atoms in total. The van der Waals surface area contributed by atoms with Gasteiger partial charge in [-0.05, 0) is 6.07 Å². The highest BCUT2D eigenvalue weighted by Gasteiger charge is 2.03. The number of hydrogen-bond acceptors (Lipinski definition) is 4. The normalized spacial score (nSPS) is 10.3. The van der Waals surface area contributed by atoms with Crippen molar-refractivity contribution in [2.24, 2.45) is 0 Å². The third-order valence-corrected chi connectivity index (χ3v) is 2.25. The largest absolute Gasteiger partial charge is 0.472 e. The van der Waals surface area contributed by atoms with Gasteiger partial charge in [-0.2, -0.15) is 0 Å². The monoisotopic (exact) mass is 243 g/mol. The summed E-state index contributed by atoms with van der Waals surface area (Å²) in [5, 5.41) is 11.0. The van der Waals surface area contributed by atoms with Crippen LogP contribution in [0.2, 0.25) is 10.3 Å². The summed E-state index contributed by atoms with van der Waals surface area (Å²) in [7, 11) is 0. The third-order valence-electron chi connectivity index (χ3n) is 1.78. The Balaban J connectivity index is 2.07. The van der Waals surface area contributed by atoms with E-state index in [0.29, 0.717) is 22.5 Å². The van der Waals surface area contributed by atoms with E-state index in [2.05, 4.69) is 15.5 Å². The lowest BCUT2D eigenvalue weighted by Gasteiger charge is -2.05. The SMILES string of the molecule is Clc1cc(NCc2ccoc2)c(Cl)nn1. The van der Waals surface area contributed by atoms with E-state index in [0.717, 1.165) is 5.56 Å². The van der Waals surface area contributed by atoms with Crippen molar-refractivity contribution in [2.75, 3.05) is 5.32 Å². The highest BCUT2D eigenvalue weighted by molar-refractivity contribution is 6.33. The molecule has 0 atom stereocenters. The molecule has 2 aromatic rings. The molecule has 0 spiro atoms. The Morgan fingerprint density at radius 1 is 1.33 bits per heavy atom.